The minimum atomic E-state index is -0.354. The average Bonchev–Trinajstić information content (AvgIpc) is 2.74. The van der Waals surface area contributed by atoms with E-state index in [2.05, 4.69) is 10.00 Å². The van der Waals surface area contributed by atoms with Crippen LogP contribution in [0.15, 0.2) is 65.5 Å². The number of nitrogens with zero attached hydrogens (tertiary/aromatic N) is 4. The standard InChI is InChI=1S/C22H21ClN4O2/c1-16-15-20(28)21(24-27(16)17-7-3-2-4-8-17)22(29)26-13-11-25(12-14-26)19-10-6-5-9-18(19)23/h2-10,15H,11-14H2,1H3. The fourth-order valence-corrected chi connectivity index (χ4v) is 3.79. The van der Waals surface area contributed by atoms with Crippen LogP contribution in [0.5, 0.6) is 0 Å². The normalized spacial score (nSPS) is 14.1. The minimum Gasteiger partial charge on any atom is -0.367 e. The molecule has 0 N–H and O–H groups in total. The molecule has 7 heteroatoms. The van der Waals surface area contributed by atoms with Crippen LogP contribution in [0.3, 0.4) is 0 Å². The van der Waals surface area contributed by atoms with E-state index in [1.54, 1.807) is 16.5 Å². The molecule has 2 heterocycles. The molecule has 1 aliphatic rings. The van der Waals surface area contributed by atoms with Crippen molar-refractivity contribution in [2.24, 2.45) is 0 Å². The summed E-state index contributed by atoms with van der Waals surface area (Å²) in [5.74, 6) is -0.335. The summed E-state index contributed by atoms with van der Waals surface area (Å²) in [6.45, 7) is 4.11. The van der Waals surface area contributed by atoms with Gasteiger partial charge in [-0.05, 0) is 31.2 Å². The third-order valence-electron chi connectivity index (χ3n) is 5.07. The summed E-state index contributed by atoms with van der Waals surface area (Å²) in [5.41, 5.74) is 2.05. The second-order valence-electron chi connectivity index (χ2n) is 6.98. The molecule has 1 aliphatic heterocycles. The number of rotatable bonds is 3. The maximum Gasteiger partial charge on any atom is 0.278 e. The highest BCUT2D eigenvalue weighted by atomic mass is 35.5. The third kappa shape index (κ3) is 3.89. The molecule has 1 amide bonds. The number of carbonyl (C=O) groups excluding carboxylic acids is 1. The number of aryl methyl sites for hydroxylation is 1. The number of benzene rings is 2. The van der Waals surface area contributed by atoms with Gasteiger partial charge in [-0.3, -0.25) is 9.59 Å². The van der Waals surface area contributed by atoms with Crippen molar-refractivity contribution in [1.29, 1.82) is 0 Å². The molecule has 3 aromatic rings. The lowest BCUT2D eigenvalue weighted by Crippen LogP contribution is -2.50. The van der Waals surface area contributed by atoms with Crippen LogP contribution < -0.4 is 10.3 Å². The Morgan fingerprint density at radius 1 is 0.966 bits per heavy atom. The molecule has 1 saturated heterocycles. The van der Waals surface area contributed by atoms with E-state index in [1.165, 1.54) is 6.07 Å². The van der Waals surface area contributed by atoms with Crippen molar-refractivity contribution in [2.75, 3.05) is 31.1 Å². The molecule has 0 radical (unpaired) electrons. The monoisotopic (exact) mass is 408 g/mol. The predicted molar refractivity (Wildman–Crippen MR) is 114 cm³/mol. The summed E-state index contributed by atoms with van der Waals surface area (Å²) in [6, 6.07) is 18.6. The SMILES string of the molecule is Cc1cc(=O)c(C(=O)N2CCN(c3ccccc3Cl)CC2)nn1-c1ccccc1. The molecule has 0 aliphatic carbocycles. The number of amides is 1. The van der Waals surface area contributed by atoms with Gasteiger partial charge in [-0.15, -0.1) is 0 Å². The molecule has 2 aromatic carbocycles. The van der Waals surface area contributed by atoms with Crippen molar-refractivity contribution in [3.05, 3.63) is 87.3 Å². The first-order valence-electron chi connectivity index (χ1n) is 9.50. The molecular formula is C22H21ClN4O2. The van der Waals surface area contributed by atoms with Crippen LogP contribution in [0, 0.1) is 6.92 Å². The van der Waals surface area contributed by atoms with Crippen LogP contribution in [0.1, 0.15) is 16.2 Å². The van der Waals surface area contributed by atoms with Crippen LogP contribution >= 0.6 is 11.6 Å². The summed E-state index contributed by atoms with van der Waals surface area (Å²) in [7, 11) is 0. The number of aromatic nitrogens is 2. The van der Waals surface area contributed by atoms with Gasteiger partial charge >= 0.3 is 0 Å². The molecule has 1 aromatic heterocycles. The number of carbonyl (C=O) groups is 1. The number of hydrogen-bond acceptors (Lipinski definition) is 4. The zero-order valence-corrected chi connectivity index (χ0v) is 16.8. The van der Waals surface area contributed by atoms with Gasteiger partial charge in [0.05, 0.1) is 16.4 Å². The van der Waals surface area contributed by atoms with Gasteiger partial charge in [0.15, 0.2) is 5.69 Å². The highest BCUT2D eigenvalue weighted by Gasteiger charge is 2.26. The summed E-state index contributed by atoms with van der Waals surface area (Å²) >= 11 is 6.29. The van der Waals surface area contributed by atoms with E-state index >= 15 is 0 Å². The summed E-state index contributed by atoms with van der Waals surface area (Å²) in [6.07, 6.45) is 0. The van der Waals surface area contributed by atoms with Gasteiger partial charge in [0.2, 0.25) is 5.43 Å². The maximum absolute atomic E-state index is 13.0. The van der Waals surface area contributed by atoms with Gasteiger partial charge in [0, 0.05) is 37.9 Å². The van der Waals surface area contributed by atoms with E-state index in [9.17, 15) is 9.59 Å². The van der Waals surface area contributed by atoms with Crippen LogP contribution in [0.25, 0.3) is 5.69 Å². The quantitative estimate of drug-likeness (QED) is 0.668. The van der Waals surface area contributed by atoms with Crippen molar-refractivity contribution in [3.63, 3.8) is 0 Å². The Morgan fingerprint density at radius 3 is 2.31 bits per heavy atom. The molecule has 0 saturated carbocycles. The highest BCUT2D eigenvalue weighted by molar-refractivity contribution is 6.33. The topological polar surface area (TPSA) is 58.4 Å². The highest BCUT2D eigenvalue weighted by Crippen LogP contribution is 2.26. The molecule has 0 atom stereocenters. The second kappa shape index (κ2) is 8.09. The molecule has 0 unspecified atom stereocenters. The summed E-state index contributed by atoms with van der Waals surface area (Å²) < 4.78 is 1.63. The van der Waals surface area contributed by atoms with Gasteiger partial charge in [-0.25, -0.2) is 4.68 Å². The molecule has 4 rings (SSSR count). The number of para-hydroxylation sites is 2. The van der Waals surface area contributed by atoms with E-state index in [0.29, 0.717) is 36.9 Å². The van der Waals surface area contributed by atoms with Crippen LogP contribution in [-0.4, -0.2) is 46.8 Å². The van der Waals surface area contributed by atoms with Gasteiger partial charge in [-0.2, -0.15) is 5.10 Å². The van der Waals surface area contributed by atoms with Gasteiger partial charge in [0.1, 0.15) is 0 Å². The van der Waals surface area contributed by atoms with Crippen molar-refractivity contribution in [2.45, 2.75) is 6.92 Å². The Morgan fingerprint density at radius 2 is 1.62 bits per heavy atom. The fourth-order valence-electron chi connectivity index (χ4n) is 3.53. The maximum atomic E-state index is 13.0. The molecule has 6 nitrogen and oxygen atoms in total. The largest absolute Gasteiger partial charge is 0.367 e. The Bertz CT molecular complexity index is 1090. The van der Waals surface area contributed by atoms with Crippen molar-refractivity contribution >= 4 is 23.2 Å². The third-order valence-corrected chi connectivity index (χ3v) is 5.39. The lowest BCUT2D eigenvalue weighted by atomic mass is 10.2. The van der Waals surface area contributed by atoms with Crippen LogP contribution in [-0.2, 0) is 0 Å². The summed E-state index contributed by atoms with van der Waals surface area (Å²) in [4.78, 5) is 29.3. The first-order chi connectivity index (χ1) is 14.0. The minimum absolute atomic E-state index is 0.0503. The van der Waals surface area contributed by atoms with Crippen molar-refractivity contribution in [3.8, 4) is 5.69 Å². The molecule has 29 heavy (non-hydrogen) atoms. The smallest absolute Gasteiger partial charge is 0.278 e. The van der Waals surface area contributed by atoms with E-state index in [0.717, 1.165) is 11.4 Å². The lowest BCUT2D eigenvalue weighted by Gasteiger charge is -2.36. The van der Waals surface area contributed by atoms with Crippen molar-refractivity contribution in [1.82, 2.24) is 14.7 Å². The number of hydrogen-bond donors (Lipinski definition) is 0. The van der Waals surface area contributed by atoms with Gasteiger partial charge < -0.3 is 9.80 Å². The molecular weight excluding hydrogens is 388 g/mol. The second-order valence-corrected chi connectivity index (χ2v) is 7.38. The number of halogens is 1. The Labute approximate surface area is 173 Å². The predicted octanol–water partition coefficient (Wildman–Crippen LogP) is 3.16. The van der Waals surface area contributed by atoms with Crippen molar-refractivity contribution < 1.29 is 4.79 Å². The fraction of sp³-hybridized carbons (Fsp3) is 0.227. The Kier molecular flexibility index (Phi) is 5.36. The lowest BCUT2D eigenvalue weighted by molar-refractivity contribution is 0.0737. The average molecular weight is 409 g/mol. The molecule has 0 spiro atoms. The Hall–Kier alpha value is -3.12. The van der Waals surface area contributed by atoms with Gasteiger partial charge in [0.25, 0.3) is 5.91 Å². The zero-order valence-electron chi connectivity index (χ0n) is 16.1. The van der Waals surface area contributed by atoms with E-state index in [1.807, 2.05) is 54.6 Å². The molecule has 148 valence electrons. The van der Waals surface area contributed by atoms with E-state index in [4.69, 9.17) is 11.6 Å². The molecule has 0 bridgehead atoms. The summed E-state index contributed by atoms with van der Waals surface area (Å²) in [5, 5.41) is 5.08. The molecule has 1 fully saturated rings. The Balaban J connectivity index is 1.55. The van der Waals surface area contributed by atoms with Crippen LogP contribution in [0.2, 0.25) is 5.02 Å². The van der Waals surface area contributed by atoms with Crippen LogP contribution in [0.4, 0.5) is 5.69 Å². The number of anilines is 1. The first kappa shape index (κ1) is 19.2. The zero-order chi connectivity index (χ0) is 20.4. The van der Waals surface area contributed by atoms with E-state index < -0.39 is 0 Å². The van der Waals surface area contributed by atoms with Gasteiger partial charge in [-0.1, -0.05) is 41.9 Å². The van der Waals surface area contributed by atoms with E-state index in [-0.39, 0.29) is 17.0 Å². The number of piperazine rings is 1. The first-order valence-corrected chi connectivity index (χ1v) is 9.87.